The van der Waals surface area contributed by atoms with Crippen LogP contribution in [0.15, 0.2) is 30.3 Å². The summed E-state index contributed by atoms with van der Waals surface area (Å²) >= 11 is 0. The van der Waals surface area contributed by atoms with Gasteiger partial charge in [-0.1, -0.05) is 37.3 Å². The first-order valence-electron chi connectivity index (χ1n) is 6.79. The molecule has 18 heavy (non-hydrogen) atoms. The Balaban J connectivity index is 2.07. The van der Waals surface area contributed by atoms with Crippen molar-refractivity contribution < 1.29 is 4.74 Å². The molecule has 1 aliphatic rings. The average Bonchev–Trinajstić information content (AvgIpc) is 2.40. The first kappa shape index (κ1) is 13.5. The minimum Gasteiger partial charge on any atom is -0.378 e. The van der Waals surface area contributed by atoms with E-state index in [1.165, 1.54) is 5.56 Å². The number of rotatable bonds is 4. The quantitative estimate of drug-likeness (QED) is 0.885. The van der Waals surface area contributed by atoms with Crippen molar-refractivity contribution in [3.05, 3.63) is 35.9 Å². The summed E-state index contributed by atoms with van der Waals surface area (Å²) < 4.78 is 5.54. The van der Waals surface area contributed by atoms with Crippen molar-refractivity contribution in [3.63, 3.8) is 0 Å². The molecule has 0 amide bonds. The van der Waals surface area contributed by atoms with Gasteiger partial charge in [-0.15, -0.1) is 0 Å². The lowest BCUT2D eigenvalue weighted by atomic mass is 9.92. The highest BCUT2D eigenvalue weighted by atomic mass is 16.5. The number of benzene rings is 1. The summed E-state index contributed by atoms with van der Waals surface area (Å²) in [4.78, 5) is 2.47. The minimum atomic E-state index is -0.300. The second kappa shape index (κ2) is 5.83. The normalized spacial score (nSPS) is 24.7. The van der Waals surface area contributed by atoms with Gasteiger partial charge in [0.2, 0.25) is 0 Å². The molecule has 1 aromatic rings. The smallest absolute Gasteiger partial charge is 0.0622 e. The van der Waals surface area contributed by atoms with Gasteiger partial charge in [-0.05, 0) is 18.9 Å². The molecule has 0 aliphatic carbocycles. The van der Waals surface area contributed by atoms with E-state index in [1.807, 2.05) is 6.07 Å². The molecule has 0 spiro atoms. The molecular weight excluding hydrogens is 224 g/mol. The highest BCUT2D eigenvalue weighted by Gasteiger charge is 2.29. The molecule has 1 saturated heterocycles. The second-order valence-electron chi connectivity index (χ2n) is 5.39. The van der Waals surface area contributed by atoms with Gasteiger partial charge in [-0.25, -0.2) is 0 Å². The number of nitrogens with two attached hydrogens (primary N) is 1. The molecule has 1 heterocycles. The van der Waals surface area contributed by atoms with Gasteiger partial charge in [0.25, 0.3) is 0 Å². The van der Waals surface area contributed by atoms with Gasteiger partial charge >= 0.3 is 0 Å². The lowest BCUT2D eigenvalue weighted by molar-refractivity contribution is -0.0173. The maximum Gasteiger partial charge on any atom is 0.0622 e. The van der Waals surface area contributed by atoms with Crippen molar-refractivity contribution in [1.82, 2.24) is 4.90 Å². The standard InChI is InChI=1S/C15H24N2O/c1-3-14-11-18-10-9-17(14)12-15(2,16)13-7-5-4-6-8-13/h4-8,14H,3,9-12,16H2,1-2H3. The van der Waals surface area contributed by atoms with E-state index in [0.29, 0.717) is 6.04 Å². The molecule has 1 aromatic carbocycles. The topological polar surface area (TPSA) is 38.5 Å². The minimum absolute atomic E-state index is 0.300. The number of hydrogen-bond donors (Lipinski definition) is 1. The Hall–Kier alpha value is -0.900. The van der Waals surface area contributed by atoms with E-state index in [9.17, 15) is 0 Å². The van der Waals surface area contributed by atoms with Gasteiger partial charge in [0.15, 0.2) is 0 Å². The summed E-state index contributed by atoms with van der Waals surface area (Å²) in [5, 5.41) is 0. The van der Waals surface area contributed by atoms with E-state index in [2.05, 4.69) is 43.0 Å². The Labute approximate surface area is 110 Å². The highest BCUT2D eigenvalue weighted by molar-refractivity contribution is 5.23. The average molecular weight is 248 g/mol. The van der Waals surface area contributed by atoms with Crippen LogP contribution in [0.3, 0.4) is 0 Å². The van der Waals surface area contributed by atoms with Crippen LogP contribution in [-0.4, -0.2) is 37.2 Å². The zero-order valence-corrected chi connectivity index (χ0v) is 11.4. The van der Waals surface area contributed by atoms with Crippen LogP contribution in [0.5, 0.6) is 0 Å². The lowest BCUT2D eigenvalue weighted by Gasteiger charge is -2.40. The monoisotopic (exact) mass is 248 g/mol. The molecule has 1 aliphatic heterocycles. The fraction of sp³-hybridized carbons (Fsp3) is 0.600. The third-order valence-electron chi connectivity index (χ3n) is 3.79. The van der Waals surface area contributed by atoms with Crippen LogP contribution in [-0.2, 0) is 10.3 Å². The Bertz CT molecular complexity index is 364. The summed E-state index contributed by atoms with van der Waals surface area (Å²) in [5.74, 6) is 0. The molecule has 0 bridgehead atoms. The van der Waals surface area contributed by atoms with Gasteiger partial charge in [0.05, 0.1) is 18.8 Å². The molecule has 100 valence electrons. The van der Waals surface area contributed by atoms with Crippen LogP contribution >= 0.6 is 0 Å². The molecule has 3 heteroatoms. The number of hydrogen-bond acceptors (Lipinski definition) is 3. The van der Waals surface area contributed by atoms with Gasteiger partial charge in [0.1, 0.15) is 0 Å². The summed E-state index contributed by atoms with van der Waals surface area (Å²) in [6.45, 7) is 7.85. The van der Waals surface area contributed by atoms with Gasteiger partial charge in [-0.3, -0.25) is 4.90 Å². The first-order chi connectivity index (χ1) is 8.63. The number of nitrogens with zero attached hydrogens (tertiary/aromatic N) is 1. The number of ether oxygens (including phenoxy) is 1. The van der Waals surface area contributed by atoms with E-state index < -0.39 is 0 Å². The van der Waals surface area contributed by atoms with Crippen LogP contribution in [0.25, 0.3) is 0 Å². The van der Waals surface area contributed by atoms with E-state index >= 15 is 0 Å². The summed E-state index contributed by atoms with van der Waals surface area (Å²) in [5.41, 5.74) is 7.40. The van der Waals surface area contributed by atoms with E-state index in [4.69, 9.17) is 10.5 Å². The van der Waals surface area contributed by atoms with E-state index in [0.717, 1.165) is 32.7 Å². The van der Waals surface area contributed by atoms with Gasteiger partial charge in [-0.2, -0.15) is 0 Å². The third-order valence-corrected chi connectivity index (χ3v) is 3.79. The zero-order chi connectivity index (χ0) is 13.0. The zero-order valence-electron chi connectivity index (χ0n) is 11.4. The van der Waals surface area contributed by atoms with Crippen LogP contribution in [0.2, 0.25) is 0 Å². The van der Waals surface area contributed by atoms with Crippen molar-refractivity contribution >= 4 is 0 Å². The summed E-state index contributed by atoms with van der Waals surface area (Å²) in [6.07, 6.45) is 1.12. The molecule has 0 saturated carbocycles. The SMILES string of the molecule is CCC1COCCN1CC(C)(N)c1ccccc1. The van der Waals surface area contributed by atoms with Crippen molar-refractivity contribution in [2.75, 3.05) is 26.3 Å². The Morgan fingerprint density at radius 3 is 2.78 bits per heavy atom. The van der Waals surface area contributed by atoms with Crippen LogP contribution < -0.4 is 5.73 Å². The lowest BCUT2D eigenvalue weighted by Crippen LogP contribution is -2.53. The van der Waals surface area contributed by atoms with Gasteiger partial charge in [0, 0.05) is 19.1 Å². The predicted molar refractivity (Wildman–Crippen MR) is 74.5 cm³/mol. The van der Waals surface area contributed by atoms with E-state index in [-0.39, 0.29) is 5.54 Å². The fourth-order valence-corrected chi connectivity index (χ4v) is 2.61. The summed E-state index contributed by atoms with van der Waals surface area (Å²) in [7, 11) is 0. The van der Waals surface area contributed by atoms with Crippen molar-refractivity contribution in [1.29, 1.82) is 0 Å². The summed E-state index contributed by atoms with van der Waals surface area (Å²) in [6, 6.07) is 10.9. The predicted octanol–water partition coefficient (Wildman–Crippen LogP) is 1.97. The van der Waals surface area contributed by atoms with Crippen molar-refractivity contribution in [2.24, 2.45) is 5.73 Å². The Kier molecular flexibility index (Phi) is 4.38. The molecule has 0 aromatic heterocycles. The molecule has 2 unspecified atom stereocenters. The van der Waals surface area contributed by atoms with Gasteiger partial charge < -0.3 is 10.5 Å². The van der Waals surface area contributed by atoms with Crippen molar-refractivity contribution in [3.8, 4) is 0 Å². The molecule has 0 radical (unpaired) electrons. The highest BCUT2D eigenvalue weighted by Crippen LogP contribution is 2.21. The Morgan fingerprint density at radius 1 is 1.39 bits per heavy atom. The van der Waals surface area contributed by atoms with Crippen LogP contribution in [0.1, 0.15) is 25.8 Å². The first-order valence-corrected chi connectivity index (χ1v) is 6.79. The van der Waals surface area contributed by atoms with Crippen molar-refractivity contribution in [2.45, 2.75) is 31.8 Å². The third kappa shape index (κ3) is 3.10. The van der Waals surface area contributed by atoms with Crippen LogP contribution in [0.4, 0.5) is 0 Å². The molecule has 3 nitrogen and oxygen atoms in total. The van der Waals surface area contributed by atoms with Crippen LogP contribution in [0, 0.1) is 0 Å². The second-order valence-corrected chi connectivity index (χ2v) is 5.39. The molecule has 2 atom stereocenters. The fourth-order valence-electron chi connectivity index (χ4n) is 2.61. The Morgan fingerprint density at radius 2 is 2.11 bits per heavy atom. The largest absolute Gasteiger partial charge is 0.378 e. The van der Waals surface area contributed by atoms with E-state index in [1.54, 1.807) is 0 Å². The molecule has 1 fully saturated rings. The number of morpholine rings is 1. The maximum absolute atomic E-state index is 6.50. The molecular formula is C15H24N2O. The maximum atomic E-state index is 6.50. The molecule has 2 N–H and O–H groups in total. The molecule has 2 rings (SSSR count).